The molecule has 0 radical (unpaired) electrons. The number of ether oxygens (including phenoxy) is 2. The first-order valence-electron chi connectivity index (χ1n) is 9.93. The van der Waals surface area contributed by atoms with Crippen LogP contribution in [0.2, 0.25) is 0 Å². The standard InChI is InChI=1S/C21H20O14/c22-4-10-14(29)16(31)17(32)21(33-10)35-20-15(30)11-6(23)3-9(26)13(28)19(11)34-18(20)5-1-7(24)12(27)8(25)2-5/h1-3,10,14,16-17,21-29,31-32H,4H2/t10-,14-,16+,17-,21-/m1/s1. The van der Waals surface area contributed by atoms with Gasteiger partial charge in [-0.25, -0.2) is 0 Å². The van der Waals surface area contributed by atoms with Gasteiger partial charge in [-0.05, 0) is 12.1 Å². The molecule has 14 heteroatoms. The first kappa shape index (κ1) is 24.2. The highest BCUT2D eigenvalue weighted by Gasteiger charge is 2.45. The number of aliphatic hydroxyl groups excluding tert-OH is 4. The second-order valence-electron chi connectivity index (χ2n) is 7.74. The molecule has 14 nitrogen and oxygen atoms in total. The molecule has 5 atom stereocenters. The predicted molar refractivity (Wildman–Crippen MR) is 112 cm³/mol. The Balaban J connectivity index is 1.97. The van der Waals surface area contributed by atoms with Crippen LogP contribution in [0.25, 0.3) is 22.3 Å². The minimum absolute atomic E-state index is 0.321. The molecule has 10 N–H and O–H groups in total. The van der Waals surface area contributed by atoms with E-state index in [1.165, 1.54) is 0 Å². The molecule has 0 bridgehead atoms. The van der Waals surface area contributed by atoms with Crippen molar-refractivity contribution < 1.29 is 65.0 Å². The summed E-state index contributed by atoms with van der Waals surface area (Å²) in [4.78, 5) is 13.3. The van der Waals surface area contributed by atoms with E-state index in [-0.39, 0.29) is 5.56 Å². The van der Waals surface area contributed by atoms with Crippen molar-refractivity contribution in [1.29, 1.82) is 0 Å². The van der Waals surface area contributed by atoms with Gasteiger partial charge >= 0.3 is 0 Å². The molecule has 0 aliphatic carbocycles. The number of aromatic hydroxyl groups is 6. The number of hydrogen-bond donors (Lipinski definition) is 10. The van der Waals surface area contributed by atoms with Crippen molar-refractivity contribution >= 4 is 11.0 Å². The summed E-state index contributed by atoms with van der Waals surface area (Å²) in [5.74, 6) is -6.77. The van der Waals surface area contributed by atoms with E-state index < -0.39 is 99.7 Å². The highest BCUT2D eigenvalue weighted by molar-refractivity contribution is 5.93. The maximum atomic E-state index is 13.3. The van der Waals surface area contributed by atoms with E-state index in [4.69, 9.17) is 13.9 Å². The topological polar surface area (TPSA) is 251 Å². The van der Waals surface area contributed by atoms with Gasteiger partial charge in [0.15, 0.2) is 34.3 Å². The molecule has 1 aromatic heterocycles. The highest BCUT2D eigenvalue weighted by Crippen LogP contribution is 2.45. The molecule has 0 saturated carbocycles. The Hall–Kier alpha value is -3.95. The molecule has 3 aromatic rings. The molecule has 1 aliphatic heterocycles. The molecule has 1 saturated heterocycles. The summed E-state index contributed by atoms with van der Waals surface area (Å²) < 4.78 is 16.1. The summed E-state index contributed by atoms with van der Waals surface area (Å²) in [6.07, 6.45) is -8.88. The molecule has 1 fully saturated rings. The van der Waals surface area contributed by atoms with Crippen LogP contribution in [0.5, 0.6) is 40.2 Å². The van der Waals surface area contributed by atoms with Gasteiger partial charge in [-0.15, -0.1) is 0 Å². The van der Waals surface area contributed by atoms with Gasteiger partial charge in [-0.1, -0.05) is 0 Å². The van der Waals surface area contributed by atoms with Gasteiger partial charge in [0.2, 0.25) is 23.2 Å². The summed E-state index contributed by atoms with van der Waals surface area (Å²) in [6.45, 7) is -0.808. The van der Waals surface area contributed by atoms with E-state index in [0.717, 1.165) is 12.1 Å². The van der Waals surface area contributed by atoms with Crippen molar-refractivity contribution in [2.75, 3.05) is 6.61 Å². The van der Waals surface area contributed by atoms with Crippen molar-refractivity contribution in [3.8, 4) is 51.6 Å². The molecule has 4 rings (SSSR count). The Kier molecular flexibility index (Phi) is 6.00. The van der Waals surface area contributed by atoms with Crippen molar-refractivity contribution in [2.45, 2.75) is 30.7 Å². The molecule has 188 valence electrons. The second kappa shape index (κ2) is 8.68. The third-order valence-corrected chi connectivity index (χ3v) is 5.47. The monoisotopic (exact) mass is 496 g/mol. The average Bonchev–Trinajstić information content (AvgIpc) is 2.81. The van der Waals surface area contributed by atoms with Crippen molar-refractivity contribution in [1.82, 2.24) is 0 Å². The van der Waals surface area contributed by atoms with Gasteiger partial charge in [0.05, 0.1) is 6.61 Å². The first-order chi connectivity index (χ1) is 16.5. The number of benzene rings is 2. The molecular weight excluding hydrogens is 476 g/mol. The smallest absolute Gasteiger partial charge is 0.239 e. The predicted octanol–water partition coefficient (Wildman–Crippen LogP) is -1.13. The van der Waals surface area contributed by atoms with E-state index in [0.29, 0.717) is 6.07 Å². The van der Waals surface area contributed by atoms with Crippen LogP contribution in [0, 0.1) is 0 Å². The van der Waals surface area contributed by atoms with E-state index in [1.54, 1.807) is 0 Å². The van der Waals surface area contributed by atoms with Gasteiger partial charge in [0.25, 0.3) is 0 Å². The van der Waals surface area contributed by atoms with Crippen LogP contribution in [0.15, 0.2) is 27.4 Å². The van der Waals surface area contributed by atoms with Gasteiger partial charge in [0.1, 0.15) is 35.6 Å². The molecular formula is C21H20O14. The van der Waals surface area contributed by atoms with Crippen molar-refractivity contribution in [3.63, 3.8) is 0 Å². The SMILES string of the molecule is O=c1c(O[C@H]2O[C@H](CO)[C@@H](O)[C@H](O)[C@H]2O)c(-c2cc(O)c(O)c(O)c2)oc2c(O)c(O)cc(O)c12. The number of phenols is 6. The van der Waals surface area contributed by atoms with Gasteiger partial charge in [0, 0.05) is 11.6 Å². The van der Waals surface area contributed by atoms with Crippen LogP contribution >= 0.6 is 0 Å². The van der Waals surface area contributed by atoms with Gasteiger partial charge in [-0.2, -0.15) is 0 Å². The van der Waals surface area contributed by atoms with Crippen LogP contribution in [0.3, 0.4) is 0 Å². The fourth-order valence-corrected chi connectivity index (χ4v) is 3.62. The zero-order valence-electron chi connectivity index (χ0n) is 17.4. The lowest BCUT2D eigenvalue weighted by molar-refractivity contribution is -0.277. The molecule has 2 aromatic carbocycles. The van der Waals surface area contributed by atoms with Gasteiger partial charge in [-0.3, -0.25) is 4.79 Å². The average molecular weight is 496 g/mol. The lowest BCUT2D eigenvalue weighted by Crippen LogP contribution is -2.60. The first-order valence-corrected chi connectivity index (χ1v) is 9.93. The molecule has 0 amide bonds. The van der Waals surface area contributed by atoms with Crippen LogP contribution in [-0.2, 0) is 4.74 Å². The largest absolute Gasteiger partial charge is 0.507 e. The third kappa shape index (κ3) is 3.88. The highest BCUT2D eigenvalue weighted by atomic mass is 16.7. The van der Waals surface area contributed by atoms with Crippen LogP contribution < -0.4 is 10.2 Å². The summed E-state index contributed by atoms with van der Waals surface area (Å²) in [7, 11) is 0. The normalized spacial score (nSPS) is 24.5. The zero-order valence-corrected chi connectivity index (χ0v) is 17.4. The van der Waals surface area contributed by atoms with Crippen molar-refractivity contribution in [3.05, 3.63) is 28.4 Å². The van der Waals surface area contributed by atoms with E-state index in [9.17, 15) is 55.9 Å². The van der Waals surface area contributed by atoms with Crippen LogP contribution in [0.4, 0.5) is 0 Å². The number of hydrogen-bond acceptors (Lipinski definition) is 14. The van der Waals surface area contributed by atoms with Crippen LogP contribution in [-0.4, -0.2) is 88.4 Å². The number of aliphatic hydroxyl groups is 4. The van der Waals surface area contributed by atoms with E-state index in [1.807, 2.05) is 0 Å². The lowest BCUT2D eigenvalue weighted by Gasteiger charge is -2.39. The van der Waals surface area contributed by atoms with Crippen LogP contribution in [0.1, 0.15) is 0 Å². The minimum atomic E-state index is -1.96. The molecule has 35 heavy (non-hydrogen) atoms. The van der Waals surface area contributed by atoms with Crippen molar-refractivity contribution in [2.24, 2.45) is 0 Å². The Morgan fingerprint density at radius 3 is 2.00 bits per heavy atom. The lowest BCUT2D eigenvalue weighted by atomic mass is 9.99. The third-order valence-electron chi connectivity index (χ3n) is 5.47. The summed E-state index contributed by atoms with van der Waals surface area (Å²) in [5.41, 5.74) is -2.24. The van der Waals surface area contributed by atoms with Gasteiger partial charge < -0.3 is 65.0 Å². The maximum Gasteiger partial charge on any atom is 0.239 e. The molecule has 0 spiro atoms. The Labute approximate surface area is 193 Å². The second-order valence-corrected chi connectivity index (χ2v) is 7.74. The molecule has 2 heterocycles. The van der Waals surface area contributed by atoms with E-state index in [2.05, 4.69) is 0 Å². The summed E-state index contributed by atoms with van der Waals surface area (Å²) >= 11 is 0. The Bertz CT molecular complexity index is 1320. The maximum absolute atomic E-state index is 13.3. The fraction of sp³-hybridized carbons (Fsp3) is 0.286. The minimum Gasteiger partial charge on any atom is -0.507 e. The zero-order chi connectivity index (χ0) is 25.8. The Morgan fingerprint density at radius 2 is 1.40 bits per heavy atom. The Morgan fingerprint density at radius 1 is 0.800 bits per heavy atom. The molecule has 0 unspecified atom stereocenters. The summed E-state index contributed by atoms with van der Waals surface area (Å²) in [5, 5.41) is 98.6. The summed E-state index contributed by atoms with van der Waals surface area (Å²) in [6, 6.07) is 2.31. The molecule has 1 aliphatic rings. The number of rotatable bonds is 4. The quantitative estimate of drug-likeness (QED) is 0.152. The fourth-order valence-electron chi connectivity index (χ4n) is 3.62. The van der Waals surface area contributed by atoms with E-state index >= 15 is 0 Å². The number of fused-ring (bicyclic) bond motifs is 1. The number of phenolic OH excluding ortho intramolecular Hbond substituents is 6.